The summed E-state index contributed by atoms with van der Waals surface area (Å²) in [5, 5.41) is 19.8. The molecule has 0 amide bonds. The van der Waals surface area contributed by atoms with Crippen LogP contribution in [0, 0.1) is 23.2 Å². The molecule has 20 heavy (non-hydrogen) atoms. The van der Waals surface area contributed by atoms with E-state index in [1.807, 2.05) is 6.07 Å². The van der Waals surface area contributed by atoms with Gasteiger partial charge in [-0.25, -0.2) is 4.98 Å². The first kappa shape index (κ1) is 13.4. The Kier molecular flexibility index (Phi) is 3.39. The second kappa shape index (κ2) is 5.06. The molecule has 0 spiro atoms. The number of rotatable bonds is 2. The Morgan fingerprint density at radius 3 is 3.15 bits per heavy atom. The monoisotopic (exact) mass is 271 g/mol. The molecule has 2 aliphatic rings. The van der Waals surface area contributed by atoms with Crippen LogP contribution in [-0.4, -0.2) is 28.8 Å². The van der Waals surface area contributed by atoms with Gasteiger partial charge >= 0.3 is 0 Å². The Morgan fingerprint density at radius 1 is 1.55 bits per heavy atom. The molecule has 1 aliphatic heterocycles. The van der Waals surface area contributed by atoms with Gasteiger partial charge in [-0.2, -0.15) is 5.26 Å². The molecule has 2 heterocycles. The van der Waals surface area contributed by atoms with E-state index in [2.05, 4.69) is 22.9 Å². The van der Waals surface area contributed by atoms with E-state index in [1.165, 1.54) is 6.42 Å². The van der Waals surface area contributed by atoms with Crippen molar-refractivity contribution in [3.8, 4) is 6.07 Å². The number of hydrogen-bond acceptors (Lipinski definition) is 4. The van der Waals surface area contributed by atoms with Gasteiger partial charge in [0.1, 0.15) is 5.82 Å². The van der Waals surface area contributed by atoms with Crippen LogP contribution < -0.4 is 4.90 Å². The van der Waals surface area contributed by atoms with Gasteiger partial charge in [0.2, 0.25) is 0 Å². The van der Waals surface area contributed by atoms with Gasteiger partial charge < -0.3 is 10.0 Å². The molecular formula is C16H21N3O. The highest BCUT2D eigenvalue weighted by Gasteiger charge is 2.47. The molecule has 1 saturated carbocycles. The zero-order chi connectivity index (χ0) is 14.2. The van der Waals surface area contributed by atoms with Crippen molar-refractivity contribution in [3.05, 3.63) is 23.9 Å². The zero-order valence-electron chi connectivity index (χ0n) is 11.9. The third-order valence-electron chi connectivity index (χ3n) is 5.13. The van der Waals surface area contributed by atoms with E-state index in [0.29, 0.717) is 17.4 Å². The minimum absolute atomic E-state index is 0.341. The predicted octanol–water partition coefficient (Wildman–Crippen LogP) is 2.33. The van der Waals surface area contributed by atoms with Gasteiger partial charge in [-0.05, 0) is 37.3 Å². The van der Waals surface area contributed by atoms with Crippen LogP contribution in [0.1, 0.15) is 38.2 Å². The summed E-state index contributed by atoms with van der Waals surface area (Å²) in [6.45, 7) is 3.89. The van der Waals surface area contributed by atoms with Crippen LogP contribution in [-0.2, 0) is 0 Å². The van der Waals surface area contributed by atoms with Crippen molar-refractivity contribution in [2.45, 2.75) is 38.2 Å². The molecule has 0 bridgehead atoms. The van der Waals surface area contributed by atoms with E-state index in [-0.39, 0.29) is 0 Å². The smallest absolute Gasteiger partial charge is 0.129 e. The van der Waals surface area contributed by atoms with E-state index < -0.39 is 5.60 Å². The van der Waals surface area contributed by atoms with Crippen molar-refractivity contribution in [2.24, 2.45) is 11.8 Å². The van der Waals surface area contributed by atoms with Gasteiger partial charge in [0.15, 0.2) is 0 Å². The van der Waals surface area contributed by atoms with E-state index >= 15 is 0 Å². The Bertz CT molecular complexity index is 539. The third-order valence-corrected chi connectivity index (χ3v) is 5.13. The topological polar surface area (TPSA) is 60.1 Å². The van der Waals surface area contributed by atoms with Crippen molar-refractivity contribution in [3.63, 3.8) is 0 Å². The summed E-state index contributed by atoms with van der Waals surface area (Å²) in [7, 11) is 0. The molecule has 0 unspecified atom stereocenters. The number of nitrogens with zero attached hydrogens (tertiary/aromatic N) is 3. The minimum atomic E-state index is -0.509. The molecule has 1 N–H and O–H groups in total. The number of hydrogen-bond donors (Lipinski definition) is 1. The molecule has 3 atom stereocenters. The molecule has 1 saturated heterocycles. The summed E-state index contributed by atoms with van der Waals surface area (Å²) in [5.74, 6) is 1.77. The fourth-order valence-corrected chi connectivity index (χ4v) is 3.92. The van der Waals surface area contributed by atoms with Crippen LogP contribution in [0.2, 0.25) is 0 Å². The highest BCUT2D eigenvalue weighted by atomic mass is 16.3. The van der Waals surface area contributed by atoms with Gasteiger partial charge in [-0.3, -0.25) is 0 Å². The van der Waals surface area contributed by atoms with Crippen LogP contribution in [0.25, 0.3) is 0 Å². The summed E-state index contributed by atoms with van der Waals surface area (Å²) in [6, 6.07) is 5.75. The van der Waals surface area contributed by atoms with Crippen LogP contribution in [0.15, 0.2) is 18.3 Å². The van der Waals surface area contributed by atoms with Crippen molar-refractivity contribution in [1.82, 2.24) is 4.98 Å². The first-order valence-corrected chi connectivity index (χ1v) is 7.50. The highest BCUT2D eigenvalue weighted by molar-refractivity contribution is 5.46. The second-order valence-electron chi connectivity index (χ2n) is 6.14. The molecular weight excluding hydrogens is 250 g/mol. The lowest BCUT2D eigenvalue weighted by atomic mass is 9.69. The number of pyridine rings is 1. The number of fused-ring (bicyclic) bond motifs is 1. The first-order chi connectivity index (χ1) is 9.66. The van der Waals surface area contributed by atoms with Crippen molar-refractivity contribution in [2.75, 3.05) is 18.0 Å². The Morgan fingerprint density at radius 2 is 2.40 bits per heavy atom. The van der Waals surface area contributed by atoms with Crippen LogP contribution >= 0.6 is 0 Å². The lowest BCUT2D eigenvalue weighted by molar-refractivity contribution is -0.0597. The molecule has 106 valence electrons. The molecule has 3 rings (SSSR count). The largest absolute Gasteiger partial charge is 0.390 e. The fraction of sp³-hybridized carbons (Fsp3) is 0.625. The summed E-state index contributed by atoms with van der Waals surface area (Å²) < 4.78 is 0. The Labute approximate surface area is 120 Å². The lowest BCUT2D eigenvalue weighted by Crippen LogP contribution is -2.44. The van der Waals surface area contributed by atoms with Gasteiger partial charge in [0, 0.05) is 25.2 Å². The average molecular weight is 271 g/mol. The van der Waals surface area contributed by atoms with E-state index in [9.17, 15) is 5.11 Å². The summed E-state index contributed by atoms with van der Waals surface area (Å²) in [5.41, 5.74) is 0.139. The maximum atomic E-state index is 10.8. The SMILES string of the molecule is CC[C@@]1(O)CCC[C@@H]2CN(c3cc(C#N)ccn3)C[C@@H]21. The molecule has 4 heteroatoms. The van der Waals surface area contributed by atoms with E-state index in [1.54, 1.807) is 12.3 Å². The van der Waals surface area contributed by atoms with Gasteiger partial charge in [-0.15, -0.1) is 0 Å². The second-order valence-corrected chi connectivity index (χ2v) is 6.14. The van der Waals surface area contributed by atoms with Gasteiger partial charge in [0.05, 0.1) is 17.2 Å². The third kappa shape index (κ3) is 2.16. The number of aromatic nitrogens is 1. The van der Waals surface area contributed by atoms with Crippen molar-refractivity contribution < 1.29 is 5.11 Å². The number of aliphatic hydroxyl groups is 1. The van der Waals surface area contributed by atoms with E-state index in [4.69, 9.17) is 5.26 Å². The summed E-state index contributed by atoms with van der Waals surface area (Å²) in [4.78, 5) is 6.63. The summed E-state index contributed by atoms with van der Waals surface area (Å²) in [6.07, 6.45) is 5.76. The van der Waals surface area contributed by atoms with Crippen LogP contribution in [0.5, 0.6) is 0 Å². The molecule has 1 aromatic rings. The van der Waals surface area contributed by atoms with Crippen molar-refractivity contribution in [1.29, 1.82) is 5.26 Å². The molecule has 1 aliphatic carbocycles. The average Bonchev–Trinajstić information content (AvgIpc) is 2.93. The summed E-state index contributed by atoms with van der Waals surface area (Å²) >= 11 is 0. The normalized spacial score (nSPS) is 32.8. The van der Waals surface area contributed by atoms with Crippen LogP contribution in [0.3, 0.4) is 0 Å². The maximum Gasteiger partial charge on any atom is 0.129 e. The minimum Gasteiger partial charge on any atom is -0.390 e. The molecule has 2 fully saturated rings. The molecule has 1 aromatic heterocycles. The zero-order valence-corrected chi connectivity index (χ0v) is 11.9. The van der Waals surface area contributed by atoms with E-state index in [0.717, 1.165) is 38.2 Å². The standard InChI is InChI=1S/C16H21N3O/c1-2-16(20)6-3-4-13-10-19(11-14(13)16)15-8-12(9-17)5-7-18-15/h5,7-8,13-14,20H,2-4,6,10-11H2,1H3/t13-,14+,16-/m1/s1. The highest BCUT2D eigenvalue weighted by Crippen LogP contribution is 2.45. The quantitative estimate of drug-likeness (QED) is 0.897. The molecule has 0 radical (unpaired) electrons. The predicted molar refractivity (Wildman–Crippen MR) is 77.2 cm³/mol. The number of nitriles is 1. The fourth-order valence-electron chi connectivity index (χ4n) is 3.92. The van der Waals surface area contributed by atoms with Gasteiger partial charge in [-0.1, -0.05) is 13.3 Å². The number of anilines is 1. The Balaban J connectivity index is 1.83. The van der Waals surface area contributed by atoms with Crippen molar-refractivity contribution >= 4 is 5.82 Å². The lowest BCUT2D eigenvalue weighted by Gasteiger charge is -2.40. The molecule has 0 aromatic carbocycles. The van der Waals surface area contributed by atoms with Gasteiger partial charge in [0.25, 0.3) is 0 Å². The molecule has 4 nitrogen and oxygen atoms in total. The maximum absolute atomic E-state index is 10.8. The Hall–Kier alpha value is -1.60. The van der Waals surface area contributed by atoms with Crippen LogP contribution in [0.4, 0.5) is 5.82 Å². The first-order valence-electron chi connectivity index (χ1n) is 7.50.